The predicted octanol–water partition coefficient (Wildman–Crippen LogP) is 3.19. The lowest BCUT2D eigenvalue weighted by Crippen LogP contribution is -2.04. The quantitative estimate of drug-likeness (QED) is 0.829. The van der Waals surface area contributed by atoms with E-state index in [2.05, 4.69) is 23.4 Å². The Morgan fingerprint density at radius 3 is 2.85 bits per heavy atom. The van der Waals surface area contributed by atoms with Crippen LogP contribution >= 0.6 is 11.6 Å². The molecule has 0 bridgehead atoms. The summed E-state index contributed by atoms with van der Waals surface area (Å²) in [7, 11) is 0. The summed E-state index contributed by atoms with van der Waals surface area (Å²) in [4.78, 5) is 0. The number of nitrogen functional groups attached to an aromatic ring is 1. The van der Waals surface area contributed by atoms with Gasteiger partial charge >= 0.3 is 0 Å². The zero-order valence-corrected chi connectivity index (χ0v) is 12.0. The number of nitriles is 1. The number of para-hydroxylation sites is 1. The van der Waals surface area contributed by atoms with E-state index in [-0.39, 0.29) is 0 Å². The summed E-state index contributed by atoms with van der Waals surface area (Å²) in [5.74, 6) is 0.790. The number of hydrogen-bond donors (Lipinski definition) is 2. The molecule has 6 heteroatoms. The Morgan fingerprint density at radius 1 is 1.45 bits per heavy atom. The smallest absolute Gasteiger partial charge is 0.168 e. The molecule has 3 N–H and O–H groups in total. The summed E-state index contributed by atoms with van der Waals surface area (Å²) in [5.41, 5.74) is 7.01. The van der Waals surface area contributed by atoms with E-state index in [1.807, 2.05) is 18.2 Å². The molecule has 1 aromatic carbocycles. The van der Waals surface area contributed by atoms with Crippen LogP contribution in [0.15, 0.2) is 24.3 Å². The minimum atomic E-state index is 0.291. The van der Waals surface area contributed by atoms with Crippen molar-refractivity contribution in [3.8, 4) is 11.8 Å². The average molecular weight is 290 g/mol. The molecule has 0 atom stereocenters. The predicted molar refractivity (Wildman–Crippen MR) is 81.1 cm³/mol. The van der Waals surface area contributed by atoms with Crippen LogP contribution in [-0.4, -0.2) is 16.3 Å². The first-order valence-corrected chi connectivity index (χ1v) is 6.84. The molecule has 0 unspecified atom stereocenters. The van der Waals surface area contributed by atoms with Gasteiger partial charge in [0.15, 0.2) is 5.82 Å². The normalized spacial score (nSPS) is 10.2. The van der Waals surface area contributed by atoms with Gasteiger partial charge in [-0.1, -0.05) is 37.1 Å². The van der Waals surface area contributed by atoms with Crippen LogP contribution in [0.4, 0.5) is 11.6 Å². The molecule has 5 nitrogen and oxygen atoms in total. The lowest BCUT2D eigenvalue weighted by Gasteiger charge is -2.05. The number of nitrogens with one attached hydrogen (secondary N) is 1. The lowest BCUT2D eigenvalue weighted by atomic mass is 10.3. The Balaban J connectivity index is 2.41. The molecule has 0 aliphatic carbocycles. The van der Waals surface area contributed by atoms with Gasteiger partial charge in [-0.2, -0.15) is 5.26 Å². The average Bonchev–Trinajstić information content (AvgIpc) is 2.76. The summed E-state index contributed by atoms with van der Waals surface area (Å²) in [6.45, 7) is 2.85. The van der Waals surface area contributed by atoms with E-state index >= 15 is 0 Å². The second-order valence-corrected chi connectivity index (χ2v) is 4.77. The van der Waals surface area contributed by atoms with Crippen LogP contribution in [0.1, 0.15) is 25.3 Å². The summed E-state index contributed by atoms with van der Waals surface area (Å²) in [5, 5.41) is 17.3. The van der Waals surface area contributed by atoms with Gasteiger partial charge in [0.2, 0.25) is 0 Å². The fraction of sp³-hybridized carbons (Fsp3) is 0.286. The second-order valence-electron chi connectivity index (χ2n) is 4.36. The van der Waals surface area contributed by atoms with Crippen LogP contribution in [-0.2, 0) is 0 Å². The molecule has 0 amide bonds. The number of nitrogens with zero attached hydrogens (tertiary/aromatic N) is 3. The minimum absolute atomic E-state index is 0.291. The molecule has 0 aliphatic heterocycles. The standard InChI is InChI=1S/C14H16ClN5/c1-2-3-8-18-14-10(9-16)13(17)20(19-14)12-7-5-4-6-11(12)15/h4-7H,2-3,8,17H2,1H3,(H,18,19). The van der Waals surface area contributed by atoms with Crippen molar-refractivity contribution in [3.63, 3.8) is 0 Å². The highest BCUT2D eigenvalue weighted by atomic mass is 35.5. The highest BCUT2D eigenvalue weighted by Gasteiger charge is 2.17. The van der Waals surface area contributed by atoms with E-state index in [0.29, 0.717) is 27.9 Å². The molecule has 0 aliphatic rings. The molecule has 0 saturated heterocycles. The van der Waals surface area contributed by atoms with E-state index in [1.165, 1.54) is 4.68 Å². The highest BCUT2D eigenvalue weighted by molar-refractivity contribution is 6.32. The van der Waals surface area contributed by atoms with Crippen LogP contribution in [0.3, 0.4) is 0 Å². The van der Waals surface area contributed by atoms with E-state index < -0.39 is 0 Å². The van der Waals surface area contributed by atoms with Crippen molar-refractivity contribution < 1.29 is 0 Å². The number of unbranched alkanes of at least 4 members (excludes halogenated alkanes) is 1. The van der Waals surface area contributed by atoms with Gasteiger partial charge in [0.1, 0.15) is 17.5 Å². The maximum Gasteiger partial charge on any atom is 0.168 e. The van der Waals surface area contributed by atoms with Crippen molar-refractivity contribution >= 4 is 23.2 Å². The third kappa shape index (κ3) is 2.70. The largest absolute Gasteiger partial charge is 0.382 e. The van der Waals surface area contributed by atoms with Crippen LogP contribution in [0.5, 0.6) is 0 Å². The molecule has 0 radical (unpaired) electrons. The summed E-state index contributed by atoms with van der Waals surface area (Å²) in [6.07, 6.45) is 2.07. The van der Waals surface area contributed by atoms with Crippen molar-refractivity contribution in [1.82, 2.24) is 9.78 Å². The van der Waals surface area contributed by atoms with E-state index in [9.17, 15) is 5.26 Å². The summed E-state index contributed by atoms with van der Waals surface area (Å²) >= 11 is 6.14. The summed E-state index contributed by atoms with van der Waals surface area (Å²) in [6, 6.07) is 9.33. The molecule has 104 valence electrons. The number of hydrogen-bond acceptors (Lipinski definition) is 4. The van der Waals surface area contributed by atoms with Gasteiger partial charge < -0.3 is 11.1 Å². The molecule has 1 heterocycles. The van der Waals surface area contributed by atoms with Crippen molar-refractivity contribution in [1.29, 1.82) is 5.26 Å². The van der Waals surface area contributed by atoms with Crippen LogP contribution in [0, 0.1) is 11.3 Å². The van der Waals surface area contributed by atoms with E-state index in [1.54, 1.807) is 6.07 Å². The number of aromatic nitrogens is 2. The molecule has 0 saturated carbocycles. The minimum Gasteiger partial charge on any atom is -0.382 e. The Kier molecular flexibility index (Phi) is 4.49. The van der Waals surface area contributed by atoms with Gasteiger partial charge in [-0.15, -0.1) is 5.10 Å². The molecule has 1 aromatic heterocycles. The van der Waals surface area contributed by atoms with Crippen LogP contribution in [0.25, 0.3) is 5.69 Å². The molecule has 0 spiro atoms. The Morgan fingerprint density at radius 2 is 2.20 bits per heavy atom. The monoisotopic (exact) mass is 289 g/mol. The van der Waals surface area contributed by atoms with E-state index in [0.717, 1.165) is 19.4 Å². The number of nitrogens with two attached hydrogens (primary N) is 1. The molecule has 2 aromatic rings. The van der Waals surface area contributed by atoms with Crippen molar-refractivity contribution in [2.45, 2.75) is 19.8 Å². The van der Waals surface area contributed by atoms with Gasteiger partial charge in [0, 0.05) is 6.54 Å². The Hall–Kier alpha value is -2.19. The topological polar surface area (TPSA) is 79.7 Å². The molecule has 20 heavy (non-hydrogen) atoms. The first-order chi connectivity index (χ1) is 9.69. The number of rotatable bonds is 5. The number of halogens is 1. The zero-order chi connectivity index (χ0) is 14.5. The van der Waals surface area contributed by atoms with Gasteiger partial charge in [-0.25, -0.2) is 4.68 Å². The molecular weight excluding hydrogens is 274 g/mol. The molecular formula is C14H16ClN5. The second kappa shape index (κ2) is 6.31. The maximum atomic E-state index is 9.23. The van der Waals surface area contributed by atoms with Crippen LogP contribution < -0.4 is 11.1 Å². The van der Waals surface area contributed by atoms with Crippen molar-refractivity contribution in [2.75, 3.05) is 17.6 Å². The summed E-state index contributed by atoms with van der Waals surface area (Å²) < 4.78 is 1.50. The van der Waals surface area contributed by atoms with Crippen molar-refractivity contribution in [3.05, 3.63) is 34.9 Å². The first-order valence-electron chi connectivity index (χ1n) is 6.46. The van der Waals surface area contributed by atoms with Gasteiger partial charge in [0.05, 0.1) is 10.7 Å². The number of benzene rings is 1. The number of anilines is 2. The Labute approximate surface area is 123 Å². The zero-order valence-electron chi connectivity index (χ0n) is 11.2. The fourth-order valence-corrected chi connectivity index (χ4v) is 2.07. The third-order valence-electron chi connectivity index (χ3n) is 2.94. The molecule has 0 fully saturated rings. The van der Waals surface area contributed by atoms with Gasteiger partial charge in [0.25, 0.3) is 0 Å². The SMILES string of the molecule is CCCCNc1nn(-c2ccccc2Cl)c(N)c1C#N. The molecule has 2 rings (SSSR count). The maximum absolute atomic E-state index is 9.23. The van der Waals surface area contributed by atoms with E-state index in [4.69, 9.17) is 17.3 Å². The van der Waals surface area contributed by atoms with Crippen LogP contribution in [0.2, 0.25) is 5.02 Å². The van der Waals surface area contributed by atoms with Gasteiger partial charge in [-0.05, 0) is 18.6 Å². The highest BCUT2D eigenvalue weighted by Crippen LogP contribution is 2.27. The first kappa shape index (κ1) is 14.2. The third-order valence-corrected chi connectivity index (χ3v) is 3.26. The van der Waals surface area contributed by atoms with Crippen molar-refractivity contribution in [2.24, 2.45) is 0 Å². The Bertz CT molecular complexity index is 641. The fourth-order valence-electron chi connectivity index (χ4n) is 1.86. The van der Waals surface area contributed by atoms with Gasteiger partial charge in [-0.3, -0.25) is 0 Å². The lowest BCUT2D eigenvalue weighted by molar-refractivity contribution is 0.822.